The number of thiophene rings is 1. The predicted octanol–water partition coefficient (Wildman–Crippen LogP) is 3.72. The lowest BCUT2D eigenvalue weighted by Gasteiger charge is -2.17. The Hall–Kier alpha value is -2.21. The summed E-state index contributed by atoms with van der Waals surface area (Å²) in [7, 11) is 0. The van der Waals surface area contributed by atoms with E-state index in [2.05, 4.69) is 22.1 Å². The SMILES string of the molecule is C[C@@H]1CCc2c(sc3ncn4c(-c5ccco5)nnc4c23)C1. The van der Waals surface area contributed by atoms with Gasteiger partial charge in [-0.3, -0.25) is 4.40 Å². The topological polar surface area (TPSA) is 56.2 Å². The molecule has 0 bridgehead atoms. The van der Waals surface area contributed by atoms with Gasteiger partial charge in [-0.15, -0.1) is 21.5 Å². The fourth-order valence-electron chi connectivity index (χ4n) is 3.31. The Morgan fingerprint density at radius 2 is 2.32 bits per heavy atom. The first-order valence-corrected chi connectivity index (χ1v) is 8.31. The van der Waals surface area contributed by atoms with E-state index in [1.165, 1.54) is 22.2 Å². The van der Waals surface area contributed by atoms with E-state index >= 15 is 0 Å². The van der Waals surface area contributed by atoms with Crippen LogP contribution < -0.4 is 0 Å². The van der Waals surface area contributed by atoms with Gasteiger partial charge in [-0.1, -0.05) is 6.92 Å². The molecule has 4 aromatic heterocycles. The number of aromatic nitrogens is 4. The summed E-state index contributed by atoms with van der Waals surface area (Å²) >= 11 is 1.81. The summed E-state index contributed by atoms with van der Waals surface area (Å²) < 4.78 is 7.39. The second kappa shape index (κ2) is 4.39. The Labute approximate surface area is 130 Å². The average molecular weight is 310 g/mol. The van der Waals surface area contributed by atoms with Crippen LogP contribution in [0.2, 0.25) is 0 Å². The molecular formula is C16H14N4OS. The number of nitrogens with zero attached hydrogens (tertiary/aromatic N) is 4. The zero-order valence-electron chi connectivity index (χ0n) is 12.1. The zero-order valence-corrected chi connectivity index (χ0v) is 12.9. The first-order chi connectivity index (χ1) is 10.8. The molecule has 0 radical (unpaired) electrons. The summed E-state index contributed by atoms with van der Waals surface area (Å²) in [5.74, 6) is 2.18. The van der Waals surface area contributed by atoms with Gasteiger partial charge in [0, 0.05) is 4.88 Å². The summed E-state index contributed by atoms with van der Waals surface area (Å²) in [6, 6.07) is 3.75. The highest BCUT2D eigenvalue weighted by Crippen LogP contribution is 2.39. The van der Waals surface area contributed by atoms with Crippen molar-refractivity contribution in [3.8, 4) is 11.6 Å². The Bertz CT molecular complexity index is 983. The molecule has 6 heteroatoms. The number of hydrogen-bond donors (Lipinski definition) is 0. The van der Waals surface area contributed by atoms with E-state index in [1.807, 2.05) is 27.9 Å². The monoisotopic (exact) mass is 310 g/mol. The predicted molar refractivity (Wildman–Crippen MR) is 85.1 cm³/mol. The van der Waals surface area contributed by atoms with Crippen molar-refractivity contribution in [2.45, 2.75) is 26.2 Å². The molecule has 0 N–H and O–H groups in total. The molecule has 1 aliphatic carbocycles. The fraction of sp³-hybridized carbons (Fsp3) is 0.312. The summed E-state index contributed by atoms with van der Waals surface area (Å²) in [6.07, 6.45) is 6.96. The van der Waals surface area contributed by atoms with E-state index in [-0.39, 0.29) is 0 Å². The first-order valence-electron chi connectivity index (χ1n) is 7.49. The van der Waals surface area contributed by atoms with Crippen molar-refractivity contribution >= 4 is 27.2 Å². The molecule has 4 aromatic rings. The van der Waals surface area contributed by atoms with Crippen LogP contribution in [0.3, 0.4) is 0 Å². The highest BCUT2D eigenvalue weighted by atomic mass is 32.1. The summed E-state index contributed by atoms with van der Waals surface area (Å²) in [5.41, 5.74) is 2.32. The van der Waals surface area contributed by atoms with Gasteiger partial charge < -0.3 is 4.42 Å². The maximum atomic E-state index is 5.46. The molecule has 0 amide bonds. The highest BCUT2D eigenvalue weighted by Gasteiger charge is 2.24. The van der Waals surface area contributed by atoms with Crippen LogP contribution in [0.4, 0.5) is 0 Å². The molecule has 0 saturated carbocycles. The van der Waals surface area contributed by atoms with Gasteiger partial charge in [0.25, 0.3) is 0 Å². The van der Waals surface area contributed by atoms with E-state index in [4.69, 9.17) is 4.42 Å². The second-order valence-electron chi connectivity index (χ2n) is 5.97. The maximum absolute atomic E-state index is 5.46. The Morgan fingerprint density at radius 3 is 3.18 bits per heavy atom. The van der Waals surface area contributed by atoms with E-state index in [9.17, 15) is 0 Å². The van der Waals surface area contributed by atoms with Crippen LogP contribution in [-0.4, -0.2) is 19.6 Å². The normalized spacial score (nSPS) is 18.1. The van der Waals surface area contributed by atoms with Gasteiger partial charge in [-0.05, 0) is 42.9 Å². The van der Waals surface area contributed by atoms with Crippen LogP contribution in [0.5, 0.6) is 0 Å². The second-order valence-corrected chi connectivity index (χ2v) is 7.05. The van der Waals surface area contributed by atoms with Crippen LogP contribution in [0, 0.1) is 5.92 Å². The van der Waals surface area contributed by atoms with Crippen molar-refractivity contribution in [3.63, 3.8) is 0 Å². The molecule has 1 atom stereocenters. The Balaban J connectivity index is 1.82. The van der Waals surface area contributed by atoms with Crippen molar-refractivity contribution in [1.29, 1.82) is 0 Å². The largest absolute Gasteiger partial charge is 0.461 e. The molecule has 4 heterocycles. The Morgan fingerprint density at radius 1 is 1.36 bits per heavy atom. The summed E-state index contributed by atoms with van der Waals surface area (Å²) in [6.45, 7) is 2.32. The molecule has 5 rings (SSSR count). The number of aryl methyl sites for hydroxylation is 1. The number of rotatable bonds is 1. The van der Waals surface area contributed by atoms with Gasteiger partial charge in [0.05, 0.1) is 11.6 Å². The standard InChI is InChI=1S/C16H14N4OS/c1-9-4-5-10-12(7-9)22-16-13(10)15-19-18-14(20(15)8-17-16)11-3-2-6-21-11/h2-3,6,8-9H,4-5,7H2,1H3/t9-/m1/s1. The maximum Gasteiger partial charge on any atom is 0.205 e. The highest BCUT2D eigenvalue weighted by molar-refractivity contribution is 7.19. The smallest absolute Gasteiger partial charge is 0.205 e. The Kier molecular flexibility index (Phi) is 2.47. The number of fused-ring (bicyclic) bond motifs is 5. The van der Waals surface area contributed by atoms with E-state index in [0.717, 1.165) is 29.2 Å². The van der Waals surface area contributed by atoms with Crippen molar-refractivity contribution < 1.29 is 4.42 Å². The van der Waals surface area contributed by atoms with Crippen molar-refractivity contribution in [2.75, 3.05) is 0 Å². The lowest BCUT2D eigenvalue weighted by molar-refractivity contribution is 0.509. The molecule has 0 aliphatic heterocycles. The third kappa shape index (κ3) is 1.61. The van der Waals surface area contributed by atoms with Crippen LogP contribution in [0.15, 0.2) is 29.1 Å². The van der Waals surface area contributed by atoms with Gasteiger partial charge >= 0.3 is 0 Å². The van der Waals surface area contributed by atoms with Gasteiger partial charge in [0.1, 0.15) is 11.2 Å². The van der Waals surface area contributed by atoms with E-state index in [1.54, 1.807) is 12.6 Å². The average Bonchev–Trinajstić information content (AvgIpc) is 3.22. The minimum Gasteiger partial charge on any atom is -0.461 e. The first kappa shape index (κ1) is 12.3. The molecular weight excluding hydrogens is 296 g/mol. The van der Waals surface area contributed by atoms with Gasteiger partial charge in [0.2, 0.25) is 5.82 Å². The summed E-state index contributed by atoms with van der Waals surface area (Å²) in [5, 5.41) is 9.92. The van der Waals surface area contributed by atoms with Crippen molar-refractivity contribution in [1.82, 2.24) is 19.6 Å². The fourth-order valence-corrected chi connectivity index (χ4v) is 4.66. The van der Waals surface area contributed by atoms with Gasteiger partial charge in [-0.2, -0.15) is 0 Å². The molecule has 0 saturated heterocycles. The van der Waals surface area contributed by atoms with Crippen LogP contribution >= 0.6 is 11.3 Å². The molecule has 0 unspecified atom stereocenters. The van der Waals surface area contributed by atoms with E-state index < -0.39 is 0 Å². The molecule has 0 fully saturated rings. The third-order valence-electron chi connectivity index (χ3n) is 4.44. The van der Waals surface area contributed by atoms with Crippen molar-refractivity contribution in [3.05, 3.63) is 35.2 Å². The van der Waals surface area contributed by atoms with Gasteiger partial charge in [-0.25, -0.2) is 4.98 Å². The molecule has 22 heavy (non-hydrogen) atoms. The van der Waals surface area contributed by atoms with Crippen LogP contribution in [0.25, 0.3) is 27.4 Å². The van der Waals surface area contributed by atoms with E-state index in [0.29, 0.717) is 11.6 Å². The minimum absolute atomic E-state index is 0.707. The minimum atomic E-state index is 0.707. The quantitative estimate of drug-likeness (QED) is 0.537. The molecule has 5 nitrogen and oxygen atoms in total. The molecule has 0 aromatic carbocycles. The van der Waals surface area contributed by atoms with Gasteiger partial charge in [0.15, 0.2) is 11.4 Å². The van der Waals surface area contributed by atoms with Crippen molar-refractivity contribution in [2.24, 2.45) is 5.92 Å². The number of hydrogen-bond acceptors (Lipinski definition) is 5. The van der Waals surface area contributed by atoms with Crippen LogP contribution in [0.1, 0.15) is 23.8 Å². The zero-order chi connectivity index (χ0) is 14.7. The summed E-state index contributed by atoms with van der Waals surface area (Å²) in [4.78, 5) is 7.19. The molecule has 1 aliphatic rings. The third-order valence-corrected chi connectivity index (χ3v) is 5.61. The molecule has 0 spiro atoms. The number of furan rings is 1. The lowest BCUT2D eigenvalue weighted by Crippen LogP contribution is -2.08. The lowest BCUT2D eigenvalue weighted by atomic mass is 9.89. The van der Waals surface area contributed by atoms with Crippen LogP contribution in [-0.2, 0) is 12.8 Å². The molecule has 110 valence electrons.